The minimum atomic E-state index is -4.50. The maximum atomic E-state index is 13.0. The summed E-state index contributed by atoms with van der Waals surface area (Å²) in [5.74, 6) is -0.582. The van der Waals surface area contributed by atoms with Crippen LogP contribution in [0.1, 0.15) is 21.5 Å². The van der Waals surface area contributed by atoms with Gasteiger partial charge in [0.2, 0.25) is 0 Å². The lowest BCUT2D eigenvalue weighted by atomic mass is 10.0. The molecule has 1 amide bonds. The molecule has 1 fully saturated rings. The predicted octanol–water partition coefficient (Wildman–Crippen LogP) is 4.51. The van der Waals surface area contributed by atoms with Crippen molar-refractivity contribution in [1.82, 2.24) is 14.8 Å². The van der Waals surface area contributed by atoms with Crippen LogP contribution in [0.25, 0.3) is 5.57 Å². The van der Waals surface area contributed by atoms with Gasteiger partial charge in [-0.3, -0.25) is 4.79 Å². The minimum Gasteiger partial charge on any atom is -0.378 e. The molecule has 3 heterocycles. The smallest absolute Gasteiger partial charge is 0.378 e. The molecule has 1 saturated heterocycles. The number of allylic oxidation sites excluding steroid dienone is 2. The minimum absolute atomic E-state index is 0.0393. The van der Waals surface area contributed by atoms with E-state index in [2.05, 4.69) is 15.2 Å². The van der Waals surface area contributed by atoms with E-state index in [9.17, 15) is 18.0 Å². The number of morpholine rings is 1. The number of amides is 1. The van der Waals surface area contributed by atoms with Crippen LogP contribution in [0.2, 0.25) is 5.15 Å². The molecule has 4 rings (SSSR count). The van der Waals surface area contributed by atoms with Gasteiger partial charge in [-0.15, -0.1) is 0 Å². The zero-order chi connectivity index (χ0) is 23.6. The molecule has 174 valence electrons. The number of pyridine rings is 1. The van der Waals surface area contributed by atoms with E-state index < -0.39 is 17.6 Å². The van der Waals surface area contributed by atoms with Gasteiger partial charge in [0.05, 0.1) is 30.9 Å². The van der Waals surface area contributed by atoms with Crippen molar-refractivity contribution in [1.29, 1.82) is 0 Å². The van der Waals surface area contributed by atoms with Gasteiger partial charge in [-0.05, 0) is 30.3 Å². The number of likely N-dealkylation sites (N-methyl/N-ethyl adjacent to an activating group) is 1. The van der Waals surface area contributed by atoms with Crippen molar-refractivity contribution in [3.05, 3.63) is 76.3 Å². The highest BCUT2D eigenvalue weighted by Crippen LogP contribution is 2.32. The molecule has 0 spiro atoms. The lowest BCUT2D eigenvalue weighted by Crippen LogP contribution is -2.39. The highest BCUT2D eigenvalue weighted by atomic mass is 35.5. The fourth-order valence-electron chi connectivity index (χ4n) is 3.74. The van der Waals surface area contributed by atoms with E-state index in [4.69, 9.17) is 16.3 Å². The number of halogens is 4. The van der Waals surface area contributed by atoms with E-state index in [1.807, 2.05) is 24.2 Å². The molecule has 1 aromatic heterocycles. The van der Waals surface area contributed by atoms with E-state index in [-0.39, 0.29) is 16.4 Å². The van der Waals surface area contributed by atoms with Crippen molar-refractivity contribution in [2.24, 2.45) is 0 Å². The highest BCUT2D eigenvalue weighted by molar-refractivity contribution is 6.31. The number of hydrogen-bond donors (Lipinski definition) is 1. The van der Waals surface area contributed by atoms with Gasteiger partial charge in [-0.25, -0.2) is 4.98 Å². The summed E-state index contributed by atoms with van der Waals surface area (Å²) in [7, 11) is 1.94. The Bertz CT molecular complexity index is 1110. The molecule has 10 heteroatoms. The van der Waals surface area contributed by atoms with Crippen molar-refractivity contribution in [2.75, 3.05) is 45.2 Å². The quantitative estimate of drug-likeness (QED) is 0.655. The van der Waals surface area contributed by atoms with Gasteiger partial charge < -0.3 is 19.9 Å². The first-order valence-electron chi connectivity index (χ1n) is 10.3. The zero-order valence-electron chi connectivity index (χ0n) is 17.8. The van der Waals surface area contributed by atoms with Gasteiger partial charge in [0.25, 0.3) is 5.91 Å². The Kier molecular flexibility index (Phi) is 6.62. The number of benzene rings is 1. The molecule has 1 N–H and O–H groups in total. The van der Waals surface area contributed by atoms with Gasteiger partial charge in [0.1, 0.15) is 5.15 Å². The maximum Gasteiger partial charge on any atom is 0.416 e. The van der Waals surface area contributed by atoms with E-state index in [1.54, 1.807) is 6.07 Å². The monoisotopic (exact) mass is 478 g/mol. The second kappa shape index (κ2) is 9.44. The number of alkyl halides is 3. The van der Waals surface area contributed by atoms with Crippen LogP contribution in [0.15, 0.2) is 54.5 Å². The number of nitrogens with one attached hydrogen (secondary N) is 1. The summed E-state index contributed by atoms with van der Waals surface area (Å²) >= 11 is 6.36. The average Bonchev–Trinajstić information content (AvgIpc) is 2.79. The predicted molar refractivity (Wildman–Crippen MR) is 120 cm³/mol. The molecular weight excluding hydrogens is 457 g/mol. The lowest BCUT2D eigenvalue weighted by molar-refractivity contribution is -0.137. The molecule has 0 unspecified atom stereocenters. The molecule has 33 heavy (non-hydrogen) atoms. The summed E-state index contributed by atoms with van der Waals surface area (Å²) in [5.41, 5.74) is 1.83. The molecule has 2 aromatic rings. The normalized spacial score (nSPS) is 16.9. The highest BCUT2D eigenvalue weighted by Gasteiger charge is 2.30. The largest absolute Gasteiger partial charge is 0.416 e. The Morgan fingerprint density at radius 3 is 2.70 bits per heavy atom. The Morgan fingerprint density at radius 1 is 1.21 bits per heavy atom. The SMILES string of the molecule is CN1C=C(c2cc(C(=O)Nc3cccc(C(F)(F)F)c3)cnc2Cl)C=C(N2CCOCC2)C1. The molecule has 2 aliphatic heterocycles. The van der Waals surface area contributed by atoms with Crippen LogP contribution < -0.4 is 5.32 Å². The number of carbonyl (C=O) groups is 1. The molecule has 0 atom stereocenters. The fraction of sp³-hybridized carbons (Fsp3) is 0.304. The van der Waals surface area contributed by atoms with Gasteiger partial charge in [0.15, 0.2) is 0 Å². The third-order valence-electron chi connectivity index (χ3n) is 5.37. The number of rotatable bonds is 4. The number of carbonyl (C=O) groups excluding carboxylic acids is 1. The standard InChI is InChI=1S/C23H22ClF3N4O2/c1-30-13-16(9-19(14-30)31-5-7-33-8-6-31)20-10-15(12-28-21(20)24)22(32)29-18-4-2-3-17(11-18)23(25,26)27/h2-4,9-13H,5-8,14H2,1H3,(H,29,32). The first-order chi connectivity index (χ1) is 15.7. The number of nitrogens with zero attached hydrogens (tertiary/aromatic N) is 3. The number of anilines is 1. The number of ether oxygens (including phenoxy) is 1. The molecule has 6 nitrogen and oxygen atoms in total. The maximum absolute atomic E-state index is 13.0. The van der Waals surface area contributed by atoms with Crippen LogP contribution in [-0.2, 0) is 10.9 Å². The van der Waals surface area contributed by atoms with Crippen LogP contribution in [0.4, 0.5) is 18.9 Å². The molecular formula is C23H22ClF3N4O2. The third-order valence-corrected chi connectivity index (χ3v) is 5.67. The van der Waals surface area contributed by atoms with Gasteiger partial charge in [0, 0.05) is 55.1 Å². The number of aromatic nitrogens is 1. The lowest BCUT2D eigenvalue weighted by Gasteiger charge is -2.35. The Balaban J connectivity index is 1.59. The molecule has 0 radical (unpaired) electrons. The van der Waals surface area contributed by atoms with E-state index >= 15 is 0 Å². The fourth-order valence-corrected chi connectivity index (χ4v) is 3.95. The molecule has 0 aliphatic carbocycles. The molecule has 2 aliphatic rings. The van der Waals surface area contributed by atoms with E-state index in [0.717, 1.165) is 43.0 Å². The van der Waals surface area contributed by atoms with Crippen LogP contribution in [0.5, 0.6) is 0 Å². The van der Waals surface area contributed by atoms with E-state index in [1.165, 1.54) is 18.3 Å². The van der Waals surface area contributed by atoms with Crippen molar-refractivity contribution in [3.63, 3.8) is 0 Å². The molecule has 1 aromatic carbocycles. The second-order valence-electron chi connectivity index (χ2n) is 7.83. The van der Waals surface area contributed by atoms with Crippen LogP contribution in [0.3, 0.4) is 0 Å². The topological polar surface area (TPSA) is 57.7 Å². The van der Waals surface area contributed by atoms with Crippen LogP contribution in [-0.4, -0.2) is 60.6 Å². The summed E-state index contributed by atoms with van der Waals surface area (Å²) in [6, 6.07) is 6.06. The first-order valence-corrected chi connectivity index (χ1v) is 10.7. The zero-order valence-corrected chi connectivity index (χ0v) is 18.6. The van der Waals surface area contributed by atoms with Crippen LogP contribution in [0, 0.1) is 0 Å². The summed E-state index contributed by atoms with van der Waals surface area (Å²) < 4.78 is 44.3. The molecule has 0 saturated carbocycles. The van der Waals surface area contributed by atoms with Crippen molar-refractivity contribution < 1.29 is 22.7 Å². The summed E-state index contributed by atoms with van der Waals surface area (Å²) in [4.78, 5) is 21.2. The first kappa shape index (κ1) is 23.1. The molecule has 0 bridgehead atoms. The third kappa shape index (κ3) is 5.48. The summed E-state index contributed by atoms with van der Waals surface area (Å²) in [5, 5.41) is 2.73. The van der Waals surface area contributed by atoms with Crippen molar-refractivity contribution >= 4 is 28.8 Å². The van der Waals surface area contributed by atoms with Gasteiger partial charge in [-0.1, -0.05) is 17.7 Å². The Hall–Kier alpha value is -3.04. The summed E-state index contributed by atoms with van der Waals surface area (Å²) in [6.07, 6.45) is 0.734. The summed E-state index contributed by atoms with van der Waals surface area (Å²) in [6.45, 7) is 3.63. The van der Waals surface area contributed by atoms with Crippen molar-refractivity contribution in [3.8, 4) is 0 Å². The van der Waals surface area contributed by atoms with Crippen molar-refractivity contribution in [2.45, 2.75) is 6.18 Å². The van der Waals surface area contributed by atoms with E-state index in [0.29, 0.717) is 18.8 Å². The second-order valence-corrected chi connectivity index (χ2v) is 8.19. The Labute approximate surface area is 194 Å². The average molecular weight is 479 g/mol. The van der Waals surface area contributed by atoms with Gasteiger partial charge >= 0.3 is 6.18 Å². The van der Waals surface area contributed by atoms with Gasteiger partial charge in [-0.2, -0.15) is 13.2 Å². The van der Waals surface area contributed by atoms with Crippen LogP contribution >= 0.6 is 11.6 Å². The Morgan fingerprint density at radius 2 is 1.97 bits per heavy atom. The number of hydrogen-bond acceptors (Lipinski definition) is 5.